The van der Waals surface area contributed by atoms with Crippen LogP contribution in [0.25, 0.3) is 10.2 Å². The summed E-state index contributed by atoms with van der Waals surface area (Å²) in [5.74, 6) is 0.764. The van der Waals surface area contributed by atoms with E-state index in [0.29, 0.717) is 6.54 Å². The molecule has 4 nitrogen and oxygen atoms in total. The molecular formula is C25H26N3OS+. The second-order valence-corrected chi connectivity index (χ2v) is 9.26. The van der Waals surface area contributed by atoms with Gasteiger partial charge in [0.15, 0.2) is 5.82 Å². The topological polar surface area (TPSA) is 50.2 Å². The van der Waals surface area contributed by atoms with Gasteiger partial charge in [0.25, 0.3) is 5.56 Å². The fraction of sp³-hybridized carbons (Fsp3) is 0.280. The summed E-state index contributed by atoms with van der Waals surface area (Å²) in [4.78, 5) is 24.5. The van der Waals surface area contributed by atoms with E-state index in [-0.39, 0.29) is 11.6 Å². The third-order valence-electron chi connectivity index (χ3n) is 6.08. The molecule has 1 aliphatic carbocycles. The standard InChI is InChI=1S/C25H25N3OS/c1-28(23(17-10-4-2-5-11-17)18-12-6-3-7-13-18)16-21-26-24(29)22-19-14-8-9-15-20(19)30-25(22)27-21/h2-7,10-13,23H,8-9,14-16H2,1H3,(H,26,27,29)/p+1. The Balaban J connectivity index is 1.50. The molecule has 5 rings (SSSR count). The molecule has 1 unspecified atom stereocenters. The fourth-order valence-corrected chi connectivity index (χ4v) is 5.99. The van der Waals surface area contributed by atoms with Crippen LogP contribution < -0.4 is 10.5 Å². The normalized spacial score (nSPS) is 14.7. The van der Waals surface area contributed by atoms with Crippen LogP contribution in [0.3, 0.4) is 0 Å². The first-order valence-corrected chi connectivity index (χ1v) is 11.5. The zero-order chi connectivity index (χ0) is 20.5. The van der Waals surface area contributed by atoms with Gasteiger partial charge in [-0.05, 0) is 31.2 Å². The molecule has 0 amide bonds. The average molecular weight is 417 g/mol. The number of H-pyrrole nitrogens is 1. The molecule has 5 heteroatoms. The SMILES string of the molecule is C[NH+](Cc1nc2sc3c(c2c(=O)[nH]1)CCCC3)C(c1ccccc1)c1ccccc1. The van der Waals surface area contributed by atoms with Gasteiger partial charge in [0.2, 0.25) is 0 Å². The Morgan fingerprint density at radius 1 is 1.00 bits per heavy atom. The summed E-state index contributed by atoms with van der Waals surface area (Å²) in [7, 11) is 2.17. The number of hydrogen-bond donors (Lipinski definition) is 2. The van der Waals surface area contributed by atoms with E-state index in [0.717, 1.165) is 28.9 Å². The molecule has 152 valence electrons. The lowest BCUT2D eigenvalue weighted by Crippen LogP contribution is -3.08. The van der Waals surface area contributed by atoms with Crippen molar-refractivity contribution in [2.45, 2.75) is 38.3 Å². The number of nitrogens with one attached hydrogen (secondary N) is 2. The number of aromatic amines is 1. The van der Waals surface area contributed by atoms with Gasteiger partial charge in [0, 0.05) is 16.0 Å². The van der Waals surface area contributed by atoms with Crippen LogP contribution in [0.4, 0.5) is 0 Å². The molecule has 2 aromatic carbocycles. The Kier molecular flexibility index (Phi) is 5.23. The fourth-order valence-electron chi connectivity index (χ4n) is 4.71. The van der Waals surface area contributed by atoms with Gasteiger partial charge in [-0.3, -0.25) is 4.79 Å². The third kappa shape index (κ3) is 3.59. The van der Waals surface area contributed by atoms with Crippen LogP contribution in [0.15, 0.2) is 65.5 Å². The first-order valence-electron chi connectivity index (χ1n) is 10.7. The van der Waals surface area contributed by atoms with E-state index >= 15 is 0 Å². The number of aromatic nitrogens is 2. The molecule has 1 atom stereocenters. The third-order valence-corrected chi connectivity index (χ3v) is 7.26. The number of fused-ring (bicyclic) bond motifs is 3. The Morgan fingerprint density at radius 2 is 1.63 bits per heavy atom. The van der Waals surface area contributed by atoms with Gasteiger partial charge >= 0.3 is 0 Å². The van der Waals surface area contributed by atoms with Crippen molar-refractivity contribution >= 4 is 21.6 Å². The molecule has 0 aliphatic heterocycles. The highest BCUT2D eigenvalue weighted by Crippen LogP contribution is 2.33. The second-order valence-electron chi connectivity index (χ2n) is 8.18. The Hall–Kier alpha value is -2.76. The average Bonchev–Trinajstić information content (AvgIpc) is 3.14. The minimum absolute atomic E-state index is 0.0261. The second kappa shape index (κ2) is 8.17. The summed E-state index contributed by atoms with van der Waals surface area (Å²) in [5, 5.41) is 0.832. The highest BCUT2D eigenvalue weighted by molar-refractivity contribution is 7.18. The maximum absolute atomic E-state index is 12.9. The molecule has 0 bridgehead atoms. The maximum Gasteiger partial charge on any atom is 0.260 e. The van der Waals surface area contributed by atoms with Gasteiger partial charge in [-0.2, -0.15) is 0 Å². The summed E-state index contributed by atoms with van der Waals surface area (Å²) in [6, 6.07) is 21.3. The van der Waals surface area contributed by atoms with E-state index < -0.39 is 0 Å². The van der Waals surface area contributed by atoms with Crippen molar-refractivity contribution in [3.63, 3.8) is 0 Å². The lowest BCUT2D eigenvalue weighted by Gasteiger charge is -2.25. The summed E-state index contributed by atoms with van der Waals surface area (Å²) < 4.78 is 0. The van der Waals surface area contributed by atoms with Crippen molar-refractivity contribution in [1.29, 1.82) is 0 Å². The first kappa shape index (κ1) is 19.2. The summed E-state index contributed by atoms with van der Waals surface area (Å²) >= 11 is 1.72. The van der Waals surface area contributed by atoms with Crippen LogP contribution in [-0.4, -0.2) is 17.0 Å². The highest BCUT2D eigenvalue weighted by Gasteiger charge is 2.25. The van der Waals surface area contributed by atoms with E-state index in [2.05, 4.69) is 60.6 Å². The van der Waals surface area contributed by atoms with Gasteiger partial charge in [-0.15, -0.1) is 11.3 Å². The van der Waals surface area contributed by atoms with Crippen molar-refractivity contribution in [3.8, 4) is 0 Å². The molecule has 0 saturated heterocycles. The molecule has 0 radical (unpaired) electrons. The van der Waals surface area contributed by atoms with Crippen LogP contribution in [0.2, 0.25) is 0 Å². The molecule has 0 fully saturated rings. The van der Waals surface area contributed by atoms with E-state index in [1.54, 1.807) is 11.3 Å². The van der Waals surface area contributed by atoms with Gasteiger partial charge in [0.1, 0.15) is 17.4 Å². The van der Waals surface area contributed by atoms with E-state index in [4.69, 9.17) is 4.98 Å². The maximum atomic E-state index is 12.9. The number of rotatable bonds is 5. The van der Waals surface area contributed by atoms with Crippen LogP contribution in [0.1, 0.15) is 46.3 Å². The molecule has 30 heavy (non-hydrogen) atoms. The lowest BCUT2D eigenvalue weighted by atomic mass is 9.97. The highest BCUT2D eigenvalue weighted by atomic mass is 32.1. The molecule has 0 saturated carbocycles. The van der Waals surface area contributed by atoms with Crippen molar-refractivity contribution in [1.82, 2.24) is 9.97 Å². The lowest BCUT2D eigenvalue weighted by molar-refractivity contribution is -0.920. The number of quaternary nitrogens is 1. The number of benzene rings is 2. The molecule has 0 spiro atoms. The van der Waals surface area contributed by atoms with Crippen molar-refractivity contribution in [2.75, 3.05) is 7.05 Å². The first-order chi connectivity index (χ1) is 14.7. The predicted molar refractivity (Wildman–Crippen MR) is 122 cm³/mol. The van der Waals surface area contributed by atoms with Crippen molar-refractivity contribution in [2.24, 2.45) is 0 Å². The van der Waals surface area contributed by atoms with Crippen molar-refractivity contribution < 1.29 is 4.90 Å². The summed E-state index contributed by atoms with van der Waals surface area (Å²) in [6.45, 7) is 0.655. The van der Waals surface area contributed by atoms with Gasteiger partial charge < -0.3 is 9.88 Å². The van der Waals surface area contributed by atoms with Gasteiger partial charge in [-0.1, -0.05) is 60.7 Å². The van der Waals surface area contributed by atoms with Crippen LogP contribution in [0.5, 0.6) is 0 Å². The molecular weight excluding hydrogens is 390 g/mol. The summed E-state index contributed by atoms with van der Waals surface area (Å²) in [5.41, 5.74) is 3.79. The Labute approximate surface area is 180 Å². The Morgan fingerprint density at radius 3 is 2.30 bits per heavy atom. The molecule has 2 aromatic heterocycles. The Bertz CT molecular complexity index is 1170. The van der Waals surface area contributed by atoms with E-state index in [1.807, 2.05) is 12.1 Å². The molecule has 2 N–H and O–H groups in total. The largest absolute Gasteiger partial charge is 0.321 e. The van der Waals surface area contributed by atoms with Crippen LogP contribution >= 0.6 is 11.3 Å². The van der Waals surface area contributed by atoms with Gasteiger partial charge in [0.05, 0.1) is 12.4 Å². The minimum Gasteiger partial charge on any atom is -0.321 e. The number of aryl methyl sites for hydroxylation is 2. The van der Waals surface area contributed by atoms with Crippen LogP contribution in [0, 0.1) is 0 Å². The van der Waals surface area contributed by atoms with Gasteiger partial charge in [-0.25, -0.2) is 4.98 Å². The predicted octanol–water partition coefficient (Wildman–Crippen LogP) is 3.67. The summed E-state index contributed by atoms with van der Waals surface area (Å²) in [6.07, 6.45) is 4.48. The number of nitrogens with zero attached hydrogens (tertiary/aromatic N) is 1. The monoisotopic (exact) mass is 416 g/mol. The molecule has 4 aromatic rings. The quantitative estimate of drug-likeness (QED) is 0.522. The van der Waals surface area contributed by atoms with Crippen molar-refractivity contribution in [3.05, 3.63) is 98.4 Å². The van der Waals surface area contributed by atoms with E-state index in [1.165, 1.54) is 39.3 Å². The smallest absolute Gasteiger partial charge is 0.260 e. The van der Waals surface area contributed by atoms with E-state index in [9.17, 15) is 4.79 Å². The minimum atomic E-state index is 0.0261. The molecule has 2 heterocycles. The number of thiophene rings is 1. The number of hydrogen-bond acceptors (Lipinski definition) is 3. The zero-order valence-corrected chi connectivity index (χ0v) is 18.0. The zero-order valence-electron chi connectivity index (χ0n) is 17.2. The van der Waals surface area contributed by atoms with Crippen LogP contribution in [-0.2, 0) is 19.4 Å². The molecule has 1 aliphatic rings.